The molecule has 1 N–H and O–H groups in total. The predicted molar refractivity (Wildman–Crippen MR) is 78.9 cm³/mol. The lowest BCUT2D eigenvalue weighted by molar-refractivity contribution is 0.346. The average molecular weight is 263 g/mol. The van der Waals surface area contributed by atoms with E-state index in [9.17, 15) is 4.39 Å². The first-order valence-corrected chi connectivity index (χ1v) is 7.74. The lowest BCUT2D eigenvalue weighted by Gasteiger charge is -2.34. The quantitative estimate of drug-likeness (QED) is 0.612. The summed E-state index contributed by atoms with van der Waals surface area (Å²) in [5.74, 6) is -0.100. The van der Waals surface area contributed by atoms with E-state index < -0.39 is 0 Å². The third kappa shape index (κ3) is 3.79. The van der Waals surface area contributed by atoms with Gasteiger partial charge in [0.1, 0.15) is 5.82 Å². The van der Waals surface area contributed by atoms with Gasteiger partial charge in [-0.15, -0.1) is 0 Å². The lowest BCUT2D eigenvalue weighted by Crippen LogP contribution is -2.38. The van der Waals surface area contributed by atoms with Crippen LogP contribution in [0.3, 0.4) is 0 Å². The van der Waals surface area contributed by atoms with Gasteiger partial charge in [0.25, 0.3) is 0 Å². The molecule has 19 heavy (non-hydrogen) atoms. The Kier molecular flexibility index (Phi) is 5.38. The topological polar surface area (TPSA) is 12.0 Å². The van der Waals surface area contributed by atoms with Crippen LogP contribution in [0.4, 0.5) is 4.39 Å². The minimum atomic E-state index is -0.100. The van der Waals surface area contributed by atoms with Gasteiger partial charge in [0.15, 0.2) is 0 Å². The standard InChI is InChI=1S/C17H26FN/c1-2-12-19-14-17(10-5-3-4-6-11-17)15-8-7-9-16(18)13-15/h7-9,13,19H,2-6,10-12,14H2,1H3. The molecule has 0 aromatic heterocycles. The maximum Gasteiger partial charge on any atom is 0.123 e. The Morgan fingerprint density at radius 1 is 1.16 bits per heavy atom. The minimum Gasteiger partial charge on any atom is -0.316 e. The Labute approximate surface area is 116 Å². The molecule has 1 aliphatic carbocycles. The molecule has 2 heteroatoms. The molecule has 0 heterocycles. The first-order valence-electron chi connectivity index (χ1n) is 7.74. The van der Waals surface area contributed by atoms with Crippen LogP contribution in [0, 0.1) is 5.82 Å². The van der Waals surface area contributed by atoms with Gasteiger partial charge >= 0.3 is 0 Å². The minimum absolute atomic E-state index is 0.100. The number of nitrogens with one attached hydrogen (secondary N) is 1. The van der Waals surface area contributed by atoms with Gasteiger partial charge in [-0.2, -0.15) is 0 Å². The molecule has 1 nitrogen and oxygen atoms in total. The molecule has 0 amide bonds. The molecule has 0 radical (unpaired) electrons. The predicted octanol–water partition coefficient (Wildman–Crippen LogP) is 4.42. The van der Waals surface area contributed by atoms with Crippen molar-refractivity contribution in [3.63, 3.8) is 0 Å². The SMILES string of the molecule is CCCNCC1(c2cccc(F)c2)CCCCCC1. The van der Waals surface area contributed by atoms with Crippen molar-refractivity contribution in [3.05, 3.63) is 35.6 Å². The van der Waals surface area contributed by atoms with Gasteiger partial charge in [0.05, 0.1) is 0 Å². The van der Waals surface area contributed by atoms with Gasteiger partial charge in [-0.25, -0.2) is 4.39 Å². The van der Waals surface area contributed by atoms with Crippen molar-refractivity contribution >= 4 is 0 Å². The van der Waals surface area contributed by atoms with Gasteiger partial charge < -0.3 is 5.32 Å². The zero-order chi connectivity index (χ0) is 13.6. The first kappa shape index (κ1) is 14.5. The van der Waals surface area contributed by atoms with Gasteiger partial charge in [-0.05, 0) is 43.5 Å². The summed E-state index contributed by atoms with van der Waals surface area (Å²) in [6.45, 7) is 4.23. The van der Waals surface area contributed by atoms with E-state index in [2.05, 4.69) is 18.3 Å². The van der Waals surface area contributed by atoms with Crippen LogP contribution in [-0.2, 0) is 5.41 Å². The second kappa shape index (κ2) is 7.04. The van der Waals surface area contributed by atoms with Crippen molar-refractivity contribution in [1.82, 2.24) is 5.32 Å². The molecule has 0 aliphatic heterocycles. The molecule has 1 aromatic carbocycles. The molecule has 1 fully saturated rings. The molecule has 106 valence electrons. The third-order valence-electron chi connectivity index (χ3n) is 4.39. The van der Waals surface area contributed by atoms with Crippen molar-refractivity contribution in [2.75, 3.05) is 13.1 Å². The van der Waals surface area contributed by atoms with Crippen molar-refractivity contribution in [1.29, 1.82) is 0 Å². The number of benzene rings is 1. The van der Waals surface area contributed by atoms with E-state index in [1.54, 1.807) is 12.1 Å². The maximum atomic E-state index is 13.6. The first-order chi connectivity index (χ1) is 9.27. The van der Waals surface area contributed by atoms with Gasteiger partial charge in [-0.1, -0.05) is 44.7 Å². The summed E-state index contributed by atoms with van der Waals surface area (Å²) < 4.78 is 13.6. The fourth-order valence-electron chi connectivity index (χ4n) is 3.30. The molecule has 1 aromatic rings. The highest BCUT2D eigenvalue weighted by atomic mass is 19.1. The molecule has 0 saturated heterocycles. The van der Waals surface area contributed by atoms with Crippen LogP contribution in [0.1, 0.15) is 57.4 Å². The zero-order valence-corrected chi connectivity index (χ0v) is 12.1. The van der Waals surface area contributed by atoms with Crippen molar-refractivity contribution in [3.8, 4) is 0 Å². The van der Waals surface area contributed by atoms with Crippen LogP contribution in [0.5, 0.6) is 0 Å². The Balaban J connectivity index is 2.21. The smallest absolute Gasteiger partial charge is 0.123 e. The number of hydrogen-bond donors (Lipinski definition) is 1. The van der Waals surface area contributed by atoms with E-state index in [-0.39, 0.29) is 11.2 Å². The van der Waals surface area contributed by atoms with Gasteiger partial charge in [-0.3, -0.25) is 0 Å². The maximum absolute atomic E-state index is 13.6. The van der Waals surface area contributed by atoms with Gasteiger partial charge in [0, 0.05) is 12.0 Å². The van der Waals surface area contributed by atoms with Crippen LogP contribution in [0.25, 0.3) is 0 Å². The van der Waals surface area contributed by atoms with E-state index in [1.165, 1.54) is 44.1 Å². The Hall–Kier alpha value is -0.890. The van der Waals surface area contributed by atoms with E-state index in [0.717, 1.165) is 19.5 Å². The summed E-state index contributed by atoms with van der Waals surface area (Å²) in [5, 5.41) is 3.57. The monoisotopic (exact) mass is 263 g/mol. The Morgan fingerprint density at radius 3 is 2.53 bits per heavy atom. The fourth-order valence-corrected chi connectivity index (χ4v) is 3.30. The van der Waals surface area contributed by atoms with Crippen molar-refractivity contribution in [2.45, 2.75) is 57.3 Å². The summed E-state index contributed by atoms with van der Waals surface area (Å²) in [4.78, 5) is 0. The van der Waals surface area contributed by atoms with Crippen LogP contribution in [0.2, 0.25) is 0 Å². The molecular weight excluding hydrogens is 237 g/mol. The Bertz CT molecular complexity index is 381. The molecule has 1 saturated carbocycles. The third-order valence-corrected chi connectivity index (χ3v) is 4.39. The summed E-state index contributed by atoms with van der Waals surface area (Å²) in [6.07, 6.45) is 8.71. The second-order valence-electron chi connectivity index (χ2n) is 5.88. The molecule has 2 rings (SSSR count). The largest absolute Gasteiger partial charge is 0.316 e. The summed E-state index contributed by atoms with van der Waals surface area (Å²) in [6, 6.07) is 7.27. The molecule has 1 aliphatic rings. The van der Waals surface area contributed by atoms with Crippen LogP contribution in [-0.4, -0.2) is 13.1 Å². The molecule has 0 spiro atoms. The number of halogens is 1. The molecule has 0 atom stereocenters. The molecule has 0 bridgehead atoms. The summed E-state index contributed by atoms with van der Waals surface area (Å²) in [7, 11) is 0. The molecule has 0 unspecified atom stereocenters. The van der Waals surface area contributed by atoms with E-state index >= 15 is 0 Å². The fraction of sp³-hybridized carbons (Fsp3) is 0.647. The van der Waals surface area contributed by atoms with Crippen molar-refractivity contribution < 1.29 is 4.39 Å². The van der Waals surface area contributed by atoms with Crippen LogP contribution < -0.4 is 5.32 Å². The zero-order valence-electron chi connectivity index (χ0n) is 12.1. The highest BCUT2D eigenvalue weighted by molar-refractivity contribution is 5.27. The van der Waals surface area contributed by atoms with Crippen LogP contribution >= 0.6 is 0 Å². The van der Waals surface area contributed by atoms with E-state index in [0.29, 0.717) is 0 Å². The second-order valence-corrected chi connectivity index (χ2v) is 5.88. The van der Waals surface area contributed by atoms with Gasteiger partial charge in [0.2, 0.25) is 0 Å². The highest BCUT2D eigenvalue weighted by Gasteiger charge is 2.32. The lowest BCUT2D eigenvalue weighted by atomic mass is 9.74. The van der Waals surface area contributed by atoms with Crippen molar-refractivity contribution in [2.24, 2.45) is 0 Å². The number of hydrogen-bond acceptors (Lipinski definition) is 1. The Morgan fingerprint density at radius 2 is 1.89 bits per heavy atom. The average Bonchev–Trinajstić information content (AvgIpc) is 2.66. The highest BCUT2D eigenvalue weighted by Crippen LogP contribution is 2.38. The van der Waals surface area contributed by atoms with E-state index in [4.69, 9.17) is 0 Å². The summed E-state index contributed by atoms with van der Waals surface area (Å²) in [5.41, 5.74) is 1.34. The summed E-state index contributed by atoms with van der Waals surface area (Å²) >= 11 is 0. The molecular formula is C17H26FN. The normalized spacial score (nSPS) is 19.1. The van der Waals surface area contributed by atoms with Crippen LogP contribution in [0.15, 0.2) is 24.3 Å². The van der Waals surface area contributed by atoms with E-state index in [1.807, 2.05) is 6.07 Å². The number of rotatable bonds is 5.